The van der Waals surface area contributed by atoms with Crippen LogP contribution in [0.25, 0.3) is 0 Å². The predicted octanol–water partition coefficient (Wildman–Crippen LogP) is 2.79. The Kier molecular flexibility index (Phi) is 5.21. The first kappa shape index (κ1) is 16.1. The summed E-state index contributed by atoms with van der Waals surface area (Å²) in [6.07, 6.45) is 0.568. The molecule has 22 heavy (non-hydrogen) atoms. The lowest BCUT2D eigenvalue weighted by Crippen LogP contribution is -2.14. The van der Waals surface area contributed by atoms with E-state index in [1.54, 1.807) is 6.92 Å². The van der Waals surface area contributed by atoms with Crippen LogP contribution in [0, 0.1) is 12.7 Å². The molecule has 1 aromatic heterocycles. The quantitative estimate of drug-likeness (QED) is 0.857. The number of halogens is 1. The Labute approximate surface area is 130 Å². The third-order valence-corrected chi connectivity index (χ3v) is 4.16. The molecule has 0 unspecified atom stereocenters. The number of carbonyl (C=O) groups is 2. The number of hydrogen-bond acceptors (Lipinski definition) is 4. The van der Waals surface area contributed by atoms with Crippen molar-refractivity contribution >= 4 is 28.9 Å². The predicted molar refractivity (Wildman–Crippen MR) is 81.5 cm³/mol. The van der Waals surface area contributed by atoms with Gasteiger partial charge in [0.1, 0.15) is 10.8 Å². The number of rotatable bonds is 6. The van der Waals surface area contributed by atoms with Gasteiger partial charge in [-0.15, -0.1) is 11.3 Å². The molecular formula is C15H15FN2O3S. The number of aliphatic carboxylic acids is 1. The van der Waals surface area contributed by atoms with Crippen LogP contribution in [0.2, 0.25) is 0 Å². The van der Waals surface area contributed by atoms with Gasteiger partial charge in [-0.05, 0) is 37.6 Å². The zero-order valence-electron chi connectivity index (χ0n) is 11.9. The zero-order chi connectivity index (χ0) is 16.1. The van der Waals surface area contributed by atoms with Crippen molar-refractivity contribution in [1.29, 1.82) is 0 Å². The lowest BCUT2D eigenvalue weighted by atomic mass is 10.2. The van der Waals surface area contributed by atoms with Gasteiger partial charge in [-0.25, -0.2) is 9.37 Å². The molecular weight excluding hydrogens is 307 g/mol. The maximum atomic E-state index is 12.8. The number of carboxylic acid groups (broad SMARTS) is 1. The Hall–Kier alpha value is -2.28. The summed E-state index contributed by atoms with van der Waals surface area (Å²) in [6.45, 7) is 1.80. The topological polar surface area (TPSA) is 79.3 Å². The fraction of sp³-hybridized carbons (Fsp3) is 0.267. The molecule has 1 aromatic carbocycles. The second-order valence-electron chi connectivity index (χ2n) is 4.74. The highest BCUT2D eigenvalue weighted by atomic mass is 32.1. The highest BCUT2D eigenvalue weighted by Crippen LogP contribution is 2.20. The largest absolute Gasteiger partial charge is 0.481 e. The van der Waals surface area contributed by atoms with E-state index >= 15 is 0 Å². The summed E-state index contributed by atoms with van der Waals surface area (Å²) >= 11 is 1.35. The average Bonchev–Trinajstić information content (AvgIpc) is 2.79. The maximum Gasteiger partial charge on any atom is 0.303 e. The molecule has 0 aliphatic carbocycles. The van der Waals surface area contributed by atoms with Crippen molar-refractivity contribution in [3.05, 3.63) is 45.7 Å². The van der Waals surface area contributed by atoms with Gasteiger partial charge in [-0.1, -0.05) is 0 Å². The van der Waals surface area contributed by atoms with Gasteiger partial charge >= 0.3 is 5.97 Å². The number of carbonyl (C=O) groups excluding carboxylic acids is 1. The van der Waals surface area contributed by atoms with E-state index in [1.165, 1.54) is 35.6 Å². The van der Waals surface area contributed by atoms with E-state index < -0.39 is 5.97 Å². The summed E-state index contributed by atoms with van der Waals surface area (Å²) in [6, 6.07) is 5.51. The van der Waals surface area contributed by atoms with Crippen LogP contribution in [0.15, 0.2) is 24.3 Å². The number of hydrogen-bond donors (Lipinski definition) is 2. The van der Waals surface area contributed by atoms with E-state index in [0.717, 1.165) is 10.6 Å². The van der Waals surface area contributed by atoms with Crippen molar-refractivity contribution in [2.75, 3.05) is 5.32 Å². The van der Waals surface area contributed by atoms with E-state index in [-0.39, 0.29) is 24.6 Å². The van der Waals surface area contributed by atoms with Gasteiger partial charge in [0, 0.05) is 10.6 Å². The zero-order valence-corrected chi connectivity index (χ0v) is 12.7. The smallest absolute Gasteiger partial charge is 0.303 e. The van der Waals surface area contributed by atoms with Crippen molar-refractivity contribution in [3.8, 4) is 0 Å². The van der Waals surface area contributed by atoms with E-state index in [9.17, 15) is 14.0 Å². The molecule has 0 radical (unpaired) electrons. The van der Waals surface area contributed by atoms with Crippen LogP contribution in [0.3, 0.4) is 0 Å². The molecule has 2 aromatic rings. The summed E-state index contributed by atoms with van der Waals surface area (Å²) in [5.74, 6) is -1.47. The molecule has 0 saturated heterocycles. The number of amides is 1. The Bertz CT molecular complexity index is 683. The molecule has 0 bridgehead atoms. The van der Waals surface area contributed by atoms with Crippen LogP contribution in [0.4, 0.5) is 10.1 Å². The second kappa shape index (κ2) is 7.13. The van der Waals surface area contributed by atoms with Gasteiger partial charge < -0.3 is 10.4 Å². The first-order valence-electron chi connectivity index (χ1n) is 6.66. The Morgan fingerprint density at radius 1 is 1.32 bits per heavy atom. The Morgan fingerprint density at radius 3 is 2.64 bits per heavy atom. The van der Waals surface area contributed by atoms with Crippen LogP contribution >= 0.6 is 11.3 Å². The number of aryl methyl sites for hydroxylation is 2. The molecule has 116 valence electrons. The summed E-state index contributed by atoms with van der Waals surface area (Å²) < 4.78 is 12.8. The van der Waals surface area contributed by atoms with Crippen LogP contribution in [-0.2, 0) is 22.4 Å². The minimum atomic E-state index is -0.858. The minimum absolute atomic E-state index is 0.0459. The van der Waals surface area contributed by atoms with Gasteiger partial charge in [-0.3, -0.25) is 9.59 Å². The van der Waals surface area contributed by atoms with Gasteiger partial charge in [0.2, 0.25) is 5.91 Å². The standard InChI is InChI=1S/C15H15FN2O3S/c1-9-12(6-7-15(20)21)22-14(17-9)8-13(19)18-11-4-2-10(16)3-5-11/h2-5H,6-8H2,1H3,(H,18,19)(H,20,21). The second-order valence-corrected chi connectivity index (χ2v) is 5.91. The average molecular weight is 322 g/mol. The lowest BCUT2D eigenvalue weighted by Gasteiger charge is -2.03. The molecule has 0 spiro atoms. The fourth-order valence-corrected chi connectivity index (χ4v) is 2.96. The number of anilines is 1. The SMILES string of the molecule is Cc1nc(CC(=O)Nc2ccc(F)cc2)sc1CCC(=O)O. The fourth-order valence-electron chi connectivity index (χ4n) is 1.89. The van der Waals surface area contributed by atoms with Crippen molar-refractivity contribution in [2.45, 2.75) is 26.2 Å². The molecule has 2 rings (SSSR count). The third-order valence-electron chi connectivity index (χ3n) is 2.94. The third kappa shape index (κ3) is 4.63. The van der Waals surface area contributed by atoms with Crippen LogP contribution in [0.1, 0.15) is 22.0 Å². The number of carboxylic acids is 1. The summed E-state index contributed by atoms with van der Waals surface area (Å²) in [5, 5.41) is 12.0. The first-order chi connectivity index (χ1) is 10.4. The maximum absolute atomic E-state index is 12.8. The number of nitrogens with zero attached hydrogens (tertiary/aromatic N) is 1. The van der Waals surface area contributed by atoms with Crippen molar-refractivity contribution < 1.29 is 19.1 Å². The van der Waals surface area contributed by atoms with E-state index in [1.807, 2.05) is 0 Å². The summed E-state index contributed by atoms with van der Waals surface area (Å²) in [4.78, 5) is 27.7. The van der Waals surface area contributed by atoms with Crippen molar-refractivity contribution in [1.82, 2.24) is 4.98 Å². The normalized spacial score (nSPS) is 10.5. The molecule has 0 fully saturated rings. The molecule has 1 amide bonds. The molecule has 0 aliphatic heterocycles. The van der Waals surface area contributed by atoms with Crippen molar-refractivity contribution in [2.24, 2.45) is 0 Å². The number of aromatic nitrogens is 1. The molecule has 0 aliphatic rings. The van der Waals surface area contributed by atoms with Gasteiger partial charge in [-0.2, -0.15) is 0 Å². The highest BCUT2D eigenvalue weighted by molar-refractivity contribution is 7.11. The van der Waals surface area contributed by atoms with E-state index in [2.05, 4.69) is 10.3 Å². The van der Waals surface area contributed by atoms with Gasteiger partial charge in [0.15, 0.2) is 0 Å². The van der Waals surface area contributed by atoms with E-state index in [4.69, 9.17) is 5.11 Å². The molecule has 0 saturated carbocycles. The van der Waals surface area contributed by atoms with Crippen LogP contribution < -0.4 is 5.32 Å². The first-order valence-corrected chi connectivity index (χ1v) is 7.48. The molecule has 1 heterocycles. The van der Waals surface area contributed by atoms with Gasteiger partial charge in [0.05, 0.1) is 18.5 Å². The molecule has 2 N–H and O–H groups in total. The minimum Gasteiger partial charge on any atom is -0.481 e. The van der Waals surface area contributed by atoms with E-state index in [0.29, 0.717) is 17.1 Å². The summed E-state index contributed by atoms with van der Waals surface area (Å²) in [7, 11) is 0. The Balaban J connectivity index is 1.95. The number of thiazole rings is 1. The van der Waals surface area contributed by atoms with Gasteiger partial charge in [0.25, 0.3) is 0 Å². The van der Waals surface area contributed by atoms with Crippen LogP contribution in [0.5, 0.6) is 0 Å². The molecule has 0 atom stereocenters. The highest BCUT2D eigenvalue weighted by Gasteiger charge is 2.12. The number of benzene rings is 1. The van der Waals surface area contributed by atoms with Crippen molar-refractivity contribution in [3.63, 3.8) is 0 Å². The monoisotopic (exact) mass is 322 g/mol. The van der Waals surface area contributed by atoms with Crippen LogP contribution in [-0.4, -0.2) is 22.0 Å². The molecule has 5 nitrogen and oxygen atoms in total. The Morgan fingerprint density at radius 2 is 2.00 bits per heavy atom. The number of nitrogens with one attached hydrogen (secondary N) is 1. The molecule has 7 heteroatoms. The summed E-state index contributed by atoms with van der Waals surface area (Å²) in [5.41, 5.74) is 1.28. The lowest BCUT2D eigenvalue weighted by molar-refractivity contribution is -0.136.